The first-order valence-electron chi connectivity index (χ1n) is 11.5. The average Bonchev–Trinajstić information content (AvgIpc) is 2.82. The number of ether oxygens (including phenoxy) is 1. The predicted octanol–water partition coefficient (Wildman–Crippen LogP) is 6.93. The van der Waals surface area contributed by atoms with Crippen LogP contribution in [0.4, 0.5) is 11.4 Å². The fourth-order valence-electron chi connectivity index (χ4n) is 3.39. The molecule has 2 amide bonds. The fourth-order valence-corrected chi connectivity index (χ4v) is 4.85. The van der Waals surface area contributed by atoms with Crippen LogP contribution in [0.3, 0.4) is 0 Å². The Hall–Kier alpha value is -2.22. The van der Waals surface area contributed by atoms with Crippen LogP contribution in [0.25, 0.3) is 0 Å². The van der Waals surface area contributed by atoms with E-state index in [4.69, 9.17) is 27.9 Å². The molecule has 0 aromatic heterocycles. The number of hydrogen-bond donors (Lipinski definition) is 1. The first kappa shape index (κ1) is 26.4. The molecule has 1 fully saturated rings. The van der Waals surface area contributed by atoms with Gasteiger partial charge >= 0.3 is 0 Å². The summed E-state index contributed by atoms with van der Waals surface area (Å²) in [5.74, 6) is 0.377. The van der Waals surface area contributed by atoms with E-state index in [1.165, 1.54) is 24.6 Å². The van der Waals surface area contributed by atoms with Crippen molar-refractivity contribution in [2.45, 2.75) is 51.2 Å². The van der Waals surface area contributed by atoms with Gasteiger partial charge in [-0.15, -0.1) is 0 Å². The Morgan fingerprint density at radius 1 is 1.12 bits per heavy atom. The first-order chi connectivity index (χ1) is 16.4. The number of carbonyl (C=O) groups excluding carboxylic acids is 2. The maximum atomic E-state index is 12.9. The Bertz CT molecular complexity index is 1030. The van der Waals surface area contributed by atoms with Crippen LogP contribution in [0.15, 0.2) is 47.5 Å². The average molecular weight is 522 g/mol. The van der Waals surface area contributed by atoms with Gasteiger partial charge in [-0.05, 0) is 55.8 Å². The van der Waals surface area contributed by atoms with E-state index in [2.05, 4.69) is 17.2 Å². The normalized spacial score (nSPS) is 17.2. The number of amidine groups is 1. The molecule has 2 aromatic rings. The number of rotatable bonds is 10. The summed E-state index contributed by atoms with van der Waals surface area (Å²) in [4.78, 5) is 31.8. The van der Waals surface area contributed by atoms with Crippen molar-refractivity contribution in [2.24, 2.45) is 4.99 Å². The van der Waals surface area contributed by atoms with Gasteiger partial charge in [-0.3, -0.25) is 14.5 Å². The molecule has 6 nitrogen and oxygen atoms in total. The molecule has 34 heavy (non-hydrogen) atoms. The fraction of sp³-hybridized carbons (Fsp3) is 0.400. The zero-order valence-corrected chi connectivity index (χ0v) is 21.7. The molecule has 0 spiro atoms. The highest BCUT2D eigenvalue weighted by atomic mass is 35.5. The largest absolute Gasteiger partial charge is 0.494 e. The minimum Gasteiger partial charge on any atom is -0.494 e. The van der Waals surface area contributed by atoms with Gasteiger partial charge in [0.25, 0.3) is 0 Å². The molecular formula is C25H29Cl2N3O3S. The highest BCUT2D eigenvalue weighted by Crippen LogP contribution is 2.32. The van der Waals surface area contributed by atoms with Gasteiger partial charge in [0.05, 0.1) is 22.3 Å². The van der Waals surface area contributed by atoms with E-state index in [9.17, 15) is 9.59 Å². The third-order valence-electron chi connectivity index (χ3n) is 5.26. The van der Waals surface area contributed by atoms with E-state index in [0.717, 1.165) is 18.6 Å². The van der Waals surface area contributed by atoms with Crippen molar-refractivity contribution in [3.63, 3.8) is 0 Å². The number of thioether (sulfide) groups is 1. The van der Waals surface area contributed by atoms with Crippen molar-refractivity contribution >= 4 is 63.3 Å². The summed E-state index contributed by atoms with van der Waals surface area (Å²) in [5, 5.41) is 3.57. The van der Waals surface area contributed by atoms with Gasteiger partial charge in [0, 0.05) is 18.7 Å². The van der Waals surface area contributed by atoms with Gasteiger partial charge in [-0.2, -0.15) is 0 Å². The predicted molar refractivity (Wildman–Crippen MR) is 142 cm³/mol. The number of halogens is 2. The number of aliphatic imine (C=N–C) groups is 1. The van der Waals surface area contributed by atoms with Crippen molar-refractivity contribution in [1.82, 2.24) is 4.90 Å². The first-order valence-corrected chi connectivity index (χ1v) is 13.1. The van der Waals surface area contributed by atoms with E-state index in [0.29, 0.717) is 39.7 Å². The summed E-state index contributed by atoms with van der Waals surface area (Å²) in [7, 11) is 0. The summed E-state index contributed by atoms with van der Waals surface area (Å²) >= 11 is 13.3. The molecule has 9 heteroatoms. The van der Waals surface area contributed by atoms with Gasteiger partial charge in [-0.25, -0.2) is 4.99 Å². The van der Waals surface area contributed by atoms with Gasteiger partial charge in [0.15, 0.2) is 5.17 Å². The topological polar surface area (TPSA) is 71.0 Å². The second kappa shape index (κ2) is 13.0. The molecule has 1 atom stereocenters. The van der Waals surface area contributed by atoms with E-state index >= 15 is 0 Å². The lowest BCUT2D eigenvalue weighted by molar-refractivity contribution is -0.129. The van der Waals surface area contributed by atoms with Crippen molar-refractivity contribution in [3.05, 3.63) is 52.5 Å². The van der Waals surface area contributed by atoms with Gasteiger partial charge in [-0.1, -0.05) is 61.1 Å². The summed E-state index contributed by atoms with van der Waals surface area (Å²) in [6.07, 6.45) is 4.70. The molecule has 0 radical (unpaired) electrons. The Balaban J connectivity index is 1.63. The van der Waals surface area contributed by atoms with Crippen molar-refractivity contribution in [2.75, 3.05) is 18.5 Å². The van der Waals surface area contributed by atoms with Crippen LogP contribution >= 0.6 is 35.0 Å². The molecule has 1 saturated heterocycles. The molecule has 0 unspecified atom stereocenters. The molecular weight excluding hydrogens is 493 g/mol. The molecule has 1 N–H and O–H groups in total. The number of carbonyl (C=O) groups is 2. The van der Waals surface area contributed by atoms with Crippen LogP contribution in [0.5, 0.6) is 5.75 Å². The van der Waals surface area contributed by atoms with Crippen LogP contribution in [-0.2, 0) is 9.59 Å². The van der Waals surface area contributed by atoms with Crippen LogP contribution in [0, 0.1) is 0 Å². The second-order valence-corrected chi connectivity index (χ2v) is 9.85. The van der Waals surface area contributed by atoms with E-state index in [1.807, 2.05) is 19.1 Å². The number of amides is 2. The quantitative estimate of drug-likeness (QED) is 0.344. The molecule has 1 aliphatic heterocycles. The second-order valence-electron chi connectivity index (χ2n) is 7.86. The number of hydrogen-bond acceptors (Lipinski definition) is 5. The SMILES string of the molecule is CCCCCCOc1ccc(NC(=O)[C@H]2CC(=O)N(CC)C(=Nc3ccc(Cl)c(Cl)c3)S2)cc1. The third kappa shape index (κ3) is 7.39. The summed E-state index contributed by atoms with van der Waals surface area (Å²) in [6.45, 7) is 5.19. The van der Waals surface area contributed by atoms with Crippen LogP contribution in [0.2, 0.25) is 10.0 Å². The number of nitrogens with zero attached hydrogens (tertiary/aromatic N) is 2. The van der Waals surface area contributed by atoms with E-state index < -0.39 is 5.25 Å². The monoisotopic (exact) mass is 521 g/mol. The van der Waals surface area contributed by atoms with Gasteiger partial charge < -0.3 is 10.1 Å². The maximum Gasteiger partial charge on any atom is 0.238 e. The van der Waals surface area contributed by atoms with E-state index in [1.54, 1.807) is 35.2 Å². The van der Waals surface area contributed by atoms with Crippen molar-refractivity contribution in [3.8, 4) is 5.75 Å². The van der Waals surface area contributed by atoms with Crippen LogP contribution in [-0.4, -0.2) is 40.3 Å². The van der Waals surface area contributed by atoms with E-state index in [-0.39, 0.29) is 18.2 Å². The Morgan fingerprint density at radius 2 is 1.88 bits per heavy atom. The van der Waals surface area contributed by atoms with Crippen LogP contribution in [0.1, 0.15) is 46.0 Å². The van der Waals surface area contributed by atoms with Gasteiger partial charge in [0.2, 0.25) is 11.8 Å². The lowest BCUT2D eigenvalue weighted by atomic mass is 10.2. The molecule has 182 valence electrons. The van der Waals surface area contributed by atoms with Crippen LogP contribution < -0.4 is 10.1 Å². The van der Waals surface area contributed by atoms with Gasteiger partial charge in [0.1, 0.15) is 11.0 Å². The van der Waals surface area contributed by atoms with Crippen molar-refractivity contribution < 1.29 is 14.3 Å². The molecule has 1 heterocycles. The molecule has 0 aliphatic carbocycles. The number of nitrogens with one attached hydrogen (secondary N) is 1. The summed E-state index contributed by atoms with van der Waals surface area (Å²) in [6, 6.07) is 12.3. The molecule has 1 aliphatic rings. The Morgan fingerprint density at radius 3 is 2.56 bits per heavy atom. The lowest BCUT2D eigenvalue weighted by Gasteiger charge is -2.30. The highest BCUT2D eigenvalue weighted by molar-refractivity contribution is 8.15. The zero-order valence-electron chi connectivity index (χ0n) is 19.4. The maximum absolute atomic E-state index is 12.9. The third-order valence-corrected chi connectivity index (χ3v) is 7.19. The number of anilines is 1. The minimum atomic E-state index is -0.591. The Labute approximate surface area is 215 Å². The lowest BCUT2D eigenvalue weighted by Crippen LogP contribution is -2.45. The molecule has 3 rings (SSSR count). The smallest absolute Gasteiger partial charge is 0.238 e. The molecule has 0 saturated carbocycles. The Kier molecular flexibility index (Phi) is 10.1. The highest BCUT2D eigenvalue weighted by Gasteiger charge is 2.35. The summed E-state index contributed by atoms with van der Waals surface area (Å²) in [5.41, 5.74) is 1.21. The zero-order chi connectivity index (χ0) is 24.5. The molecule has 0 bridgehead atoms. The minimum absolute atomic E-state index is 0.101. The number of unbranched alkanes of at least 4 members (excludes halogenated alkanes) is 3. The summed E-state index contributed by atoms with van der Waals surface area (Å²) < 4.78 is 5.75. The van der Waals surface area contributed by atoms with Crippen molar-refractivity contribution in [1.29, 1.82) is 0 Å². The molecule has 2 aromatic carbocycles. The number of benzene rings is 2. The standard InChI is InChI=1S/C25H29Cl2N3O3S/c1-3-5-6-7-14-33-19-11-8-17(9-12-19)28-24(32)22-16-23(31)30(4-2)25(34-22)29-18-10-13-20(26)21(27)15-18/h8-13,15,22H,3-7,14,16H2,1-2H3,(H,28,32)/t22-/m1/s1.